The van der Waals surface area contributed by atoms with Crippen LogP contribution in [0.4, 0.5) is 11.5 Å². The number of para-hydroxylation sites is 2. The van der Waals surface area contributed by atoms with Gasteiger partial charge in [-0.2, -0.15) is 4.98 Å². The molecule has 0 aliphatic heterocycles. The van der Waals surface area contributed by atoms with Crippen molar-refractivity contribution in [1.29, 1.82) is 0 Å². The van der Waals surface area contributed by atoms with Gasteiger partial charge in [0.2, 0.25) is 5.82 Å². The van der Waals surface area contributed by atoms with E-state index in [0.717, 1.165) is 11.0 Å². The van der Waals surface area contributed by atoms with Gasteiger partial charge in [0.05, 0.1) is 29.5 Å². The molecule has 2 N–H and O–H groups in total. The van der Waals surface area contributed by atoms with Crippen molar-refractivity contribution in [3.05, 3.63) is 54.6 Å². The summed E-state index contributed by atoms with van der Waals surface area (Å²) in [5, 5.41) is 10.3. The van der Waals surface area contributed by atoms with Crippen LogP contribution in [0.25, 0.3) is 16.7 Å². The highest BCUT2D eigenvalue weighted by Gasteiger charge is 2.18. The number of benzene rings is 1. The van der Waals surface area contributed by atoms with Crippen LogP contribution in [0.5, 0.6) is 0 Å². The third-order valence-electron chi connectivity index (χ3n) is 3.88. The van der Waals surface area contributed by atoms with E-state index in [9.17, 15) is 4.79 Å². The van der Waals surface area contributed by atoms with Crippen LogP contribution in [0.15, 0.2) is 48.8 Å². The van der Waals surface area contributed by atoms with Gasteiger partial charge >= 0.3 is 0 Å². The minimum Gasteiger partial charge on any atom is -0.383 e. The predicted molar refractivity (Wildman–Crippen MR) is 101 cm³/mol. The molecule has 0 aliphatic carbocycles. The number of pyridine rings is 1. The monoisotopic (exact) mass is 363 g/mol. The van der Waals surface area contributed by atoms with Gasteiger partial charge in [0.25, 0.3) is 5.91 Å². The average Bonchev–Trinajstić information content (AvgIpc) is 3.15. The van der Waals surface area contributed by atoms with Crippen LogP contribution in [-0.4, -0.2) is 50.7 Å². The maximum atomic E-state index is 12.6. The molecule has 9 heteroatoms. The second-order valence-electron chi connectivity index (χ2n) is 5.74. The predicted octanol–water partition coefficient (Wildman–Crippen LogP) is 1.98. The van der Waals surface area contributed by atoms with Gasteiger partial charge in [0.1, 0.15) is 0 Å². The van der Waals surface area contributed by atoms with E-state index in [1.165, 1.54) is 0 Å². The zero-order chi connectivity index (χ0) is 18.6. The first-order valence-electron chi connectivity index (χ1n) is 8.36. The number of rotatable bonds is 6. The summed E-state index contributed by atoms with van der Waals surface area (Å²) in [6.45, 7) is 1.07. The number of nitrogens with one attached hydrogen (secondary N) is 2. The van der Waals surface area contributed by atoms with E-state index in [2.05, 4.69) is 30.7 Å². The smallest absolute Gasteiger partial charge is 0.295 e. The van der Waals surface area contributed by atoms with Crippen molar-refractivity contribution in [1.82, 2.24) is 24.6 Å². The summed E-state index contributed by atoms with van der Waals surface area (Å²) in [5.41, 5.74) is 2.55. The Morgan fingerprint density at radius 1 is 1.19 bits per heavy atom. The molecule has 0 saturated carbocycles. The molecule has 4 aromatic rings. The van der Waals surface area contributed by atoms with E-state index < -0.39 is 5.91 Å². The van der Waals surface area contributed by atoms with Crippen LogP contribution in [0, 0.1) is 0 Å². The lowest BCUT2D eigenvalue weighted by atomic mass is 10.3. The van der Waals surface area contributed by atoms with Gasteiger partial charge in [-0.3, -0.25) is 9.78 Å². The lowest BCUT2D eigenvalue weighted by molar-refractivity contribution is 0.101. The Morgan fingerprint density at radius 3 is 2.89 bits per heavy atom. The number of hydrogen-bond acceptors (Lipinski definition) is 7. The van der Waals surface area contributed by atoms with E-state index in [1.54, 1.807) is 36.2 Å². The molecule has 0 aliphatic rings. The van der Waals surface area contributed by atoms with Crippen LogP contribution in [0.3, 0.4) is 0 Å². The fourth-order valence-electron chi connectivity index (χ4n) is 2.65. The first kappa shape index (κ1) is 16.9. The summed E-state index contributed by atoms with van der Waals surface area (Å²) in [4.78, 5) is 25.5. The molecule has 3 aromatic heterocycles. The number of ether oxygens (including phenoxy) is 1. The maximum absolute atomic E-state index is 12.6. The van der Waals surface area contributed by atoms with E-state index in [1.807, 2.05) is 24.3 Å². The lowest BCUT2D eigenvalue weighted by Gasteiger charge is -2.07. The Labute approximate surface area is 154 Å². The van der Waals surface area contributed by atoms with E-state index in [4.69, 9.17) is 4.74 Å². The highest BCUT2D eigenvalue weighted by atomic mass is 16.5. The van der Waals surface area contributed by atoms with Gasteiger partial charge in [-0.1, -0.05) is 12.1 Å². The van der Waals surface area contributed by atoms with Crippen LogP contribution in [0.1, 0.15) is 10.6 Å². The molecule has 0 saturated heterocycles. The molecule has 0 radical (unpaired) electrons. The van der Waals surface area contributed by atoms with Gasteiger partial charge in [-0.25, -0.2) is 9.50 Å². The molecular weight excluding hydrogens is 346 g/mol. The Morgan fingerprint density at radius 2 is 2.07 bits per heavy atom. The van der Waals surface area contributed by atoms with Crippen LogP contribution >= 0.6 is 0 Å². The molecule has 0 fully saturated rings. The number of amides is 1. The first-order valence-corrected chi connectivity index (χ1v) is 8.36. The second-order valence-corrected chi connectivity index (χ2v) is 5.74. The van der Waals surface area contributed by atoms with Crippen LogP contribution < -0.4 is 10.6 Å². The summed E-state index contributed by atoms with van der Waals surface area (Å²) < 4.78 is 6.69. The van der Waals surface area contributed by atoms with Gasteiger partial charge in [0.15, 0.2) is 11.5 Å². The molecule has 0 atom stereocenters. The van der Waals surface area contributed by atoms with Crippen molar-refractivity contribution < 1.29 is 9.53 Å². The average molecular weight is 363 g/mol. The molecule has 1 amide bonds. The van der Waals surface area contributed by atoms with Gasteiger partial charge in [-0.05, 0) is 24.3 Å². The third kappa shape index (κ3) is 3.40. The fraction of sp³-hybridized carbons (Fsp3) is 0.167. The molecule has 0 bridgehead atoms. The summed E-state index contributed by atoms with van der Waals surface area (Å²) in [7, 11) is 1.63. The molecule has 0 spiro atoms. The number of carbonyl (C=O) groups is 1. The Hall–Kier alpha value is -3.59. The van der Waals surface area contributed by atoms with Gasteiger partial charge in [0, 0.05) is 19.9 Å². The molecule has 9 nitrogen and oxygen atoms in total. The van der Waals surface area contributed by atoms with Crippen molar-refractivity contribution in [2.45, 2.75) is 0 Å². The van der Waals surface area contributed by atoms with Crippen molar-refractivity contribution in [2.75, 3.05) is 30.9 Å². The first-order chi connectivity index (χ1) is 13.3. The Balaban J connectivity index is 1.75. The number of hydrogen-bond donors (Lipinski definition) is 2. The summed E-state index contributed by atoms with van der Waals surface area (Å²) >= 11 is 0. The highest BCUT2D eigenvalue weighted by molar-refractivity contribution is 6.02. The summed E-state index contributed by atoms with van der Waals surface area (Å²) in [6, 6.07) is 11.0. The van der Waals surface area contributed by atoms with E-state index >= 15 is 0 Å². The molecule has 136 valence electrons. The highest BCUT2D eigenvalue weighted by Crippen LogP contribution is 2.20. The SMILES string of the molecule is COCCNc1nc2ccccc2n2nc(C(=O)Nc3cccnc3)nc12. The van der Waals surface area contributed by atoms with Crippen LogP contribution in [-0.2, 0) is 4.74 Å². The van der Waals surface area contributed by atoms with Crippen molar-refractivity contribution in [3.8, 4) is 0 Å². The summed E-state index contributed by atoms with van der Waals surface area (Å²) in [6.07, 6.45) is 3.19. The summed E-state index contributed by atoms with van der Waals surface area (Å²) in [5.74, 6) is 0.170. The number of nitrogens with zero attached hydrogens (tertiary/aromatic N) is 5. The van der Waals surface area contributed by atoms with Gasteiger partial charge < -0.3 is 15.4 Å². The number of anilines is 2. The van der Waals surface area contributed by atoms with Crippen LogP contribution in [0.2, 0.25) is 0 Å². The van der Waals surface area contributed by atoms with Crippen molar-refractivity contribution in [2.24, 2.45) is 0 Å². The molecule has 1 aromatic carbocycles. The lowest BCUT2D eigenvalue weighted by Crippen LogP contribution is -2.14. The quantitative estimate of drug-likeness (QED) is 0.505. The normalized spacial score (nSPS) is 11.0. The minimum absolute atomic E-state index is 0.0480. The number of fused-ring (bicyclic) bond motifs is 3. The molecule has 27 heavy (non-hydrogen) atoms. The maximum Gasteiger partial charge on any atom is 0.295 e. The Bertz CT molecular complexity index is 1090. The second kappa shape index (κ2) is 7.34. The molecule has 0 unspecified atom stereocenters. The van der Waals surface area contributed by atoms with Crippen molar-refractivity contribution in [3.63, 3.8) is 0 Å². The number of aromatic nitrogens is 5. The standard InChI is InChI=1S/C18H17N7O2/c1-27-10-9-20-15-17-23-16(18(26)21-12-5-4-8-19-11-12)24-25(17)14-7-3-2-6-13(14)22-15/h2-8,11H,9-10H2,1H3,(H,20,22)(H,21,26). The fourth-order valence-corrected chi connectivity index (χ4v) is 2.65. The van der Waals surface area contributed by atoms with Crippen molar-refractivity contribution >= 4 is 34.1 Å². The molecular formula is C18H17N7O2. The third-order valence-corrected chi connectivity index (χ3v) is 3.88. The Kier molecular flexibility index (Phi) is 4.58. The van der Waals surface area contributed by atoms with Gasteiger partial charge in [-0.15, -0.1) is 5.10 Å². The topological polar surface area (TPSA) is 106 Å². The zero-order valence-electron chi connectivity index (χ0n) is 14.6. The number of carbonyl (C=O) groups excluding carboxylic acids is 1. The minimum atomic E-state index is -0.418. The molecule has 3 heterocycles. The van der Waals surface area contributed by atoms with E-state index in [-0.39, 0.29) is 5.82 Å². The molecule has 4 rings (SSSR count). The zero-order valence-corrected chi connectivity index (χ0v) is 14.6. The number of methoxy groups -OCH3 is 1. The largest absolute Gasteiger partial charge is 0.383 e. The van der Waals surface area contributed by atoms with E-state index in [0.29, 0.717) is 30.3 Å².